The highest BCUT2D eigenvalue weighted by atomic mass is 16.5. The van der Waals surface area contributed by atoms with E-state index in [-0.39, 0.29) is 0 Å². The Balaban J connectivity index is 1.49. The van der Waals surface area contributed by atoms with Gasteiger partial charge in [0, 0.05) is 26.2 Å². The molecule has 0 aromatic heterocycles. The number of hydrazine groups is 1. The van der Waals surface area contributed by atoms with Gasteiger partial charge in [0.2, 0.25) is 0 Å². The summed E-state index contributed by atoms with van der Waals surface area (Å²) in [7, 11) is 1.78. The first kappa shape index (κ1) is 13.9. The fourth-order valence-corrected chi connectivity index (χ4v) is 3.20. The number of nitrogens with one attached hydrogen (secondary N) is 1. The Labute approximate surface area is 121 Å². The molecule has 1 fully saturated rings. The molecule has 2 heterocycles. The highest BCUT2D eigenvalue weighted by Gasteiger charge is 2.24. The van der Waals surface area contributed by atoms with Crippen molar-refractivity contribution in [3.63, 3.8) is 0 Å². The van der Waals surface area contributed by atoms with E-state index in [1.165, 1.54) is 37.2 Å². The van der Waals surface area contributed by atoms with E-state index in [1.807, 2.05) is 0 Å². The van der Waals surface area contributed by atoms with Crippen LogP contribution in [0.1, 0.15) is 18.4 Å². The summed E-state index contributed by atoms with van der Waals surface area (Å²) < 4.78 is 5.15. The van der Waals surface area contributed by atoms with Crippen LogP contribution >= 0.6 is 0 Å². The van der Waals surface area contributed by atoms with Crippen molar-refractivity contribution in [2.75, 3.05) is 44.9 Å². The number of hydrogen-bond acceptors (Lipinski definition) is 4. The minimum atomic E-state index is 0.611. The van der Waals surface area contributed by atoms with Crippen molar-refractivity contribution in [2.45, 2.75) is 25.3 Å². The van der Waals surface area contributed by atoms with Gasteiger partial charge in [0.1, 0.15) is 0 Å². The van der Waals surface area contributed by atoms with Gasteiger partial charge >= 0.3 is 0 Å². The van der Waals surface area contributed by atoms with Gasteiger partial charge in [-0.2, -0.15) is 0 Å². The van der Waals surface area contributed by atoms with Crippen molar-refractivity contribution in [1.82, 2.24) is 10.3 Å². The molecule has 0 saturated carbocycles. The van der Waals surface area contributed by atoms with E-state index in [9.17, 15) is 0 Å². The zero-order chi connectivity index (χ0) is 13.8. The van der Waals surface area contributed by atoms with E-state index in [1.54, 1.807) is 7.11 Å². The predicted molar refractivity (Wildman–Crippen MR) is 82.0 cm³/mol. The molecule has 2 aliphatic rings. The van der Waals surface area contributed by atoms with Gasteiger partial charge in [0.15, 0.2) is 0 Å². The summed E-state index contributed by atoms with van der Waals surface area (Å²) in [5.41, 5.74) is 6.57. The van der Waals surface area contributed by atoms with Gasteiger partial charge in [-0.05, 0) is 44.0 Å². The summed E-state index contributed by atoms with van der Waals surface area (Å²) in [5.74, 6) is 0. The zero-order valence-electron chi connectivity index (χ0n) is 12.3. The van der Waals surface area contributed by atoms with Gasteiger partial charge in [-0.3, -0.25) is 0 Å². The molecule has 0 radical (unpaired) electrons. The van der Waals surface area contributed by atoms with Gasteiger partial charge in [-0.25, -0.2) is 5.43 Å². The lowest BCUT2D eigenvalue weighted by atomic mass is 10.1. The Morgan fingerprint density at radius 3 is 2.80 bits per heavy atom. The maximum atomic E-state index is 5.15. The molecule has 3 rings (SSSR count). The number of methoxy groups -OCH3 is 1. The van der Waals surface area contributed by atoms with Crippen LogP contribution in [0.2, 0.25) is 0 Å². The number of fused-ring (bicyclic) bond motifs is 1. The smallest absolute Gasteiger partial charge is 0.0589 e. The van der Waals surface area contributed by atoms with Crippen LogP contribution in [0.3, 0.4) is 0 Å². The van der Waals surface area contributed by atoms with E-state index < -0.39 is 0 Å². The largest absolute Gasteiger partial charge is 0.383 e. The lowest BCUT2D eigenvalue weighted by Crippen LogP contribution is -2.49. The van der Waals surface area contributed by atoms with Crippen LogP contribution in [0.15, 0.2) is 24.3 Å². The van der Waals surface area contributed by atoms with Gasteiger partial charge < -0.3 is 14.6 Å². The topological polar surface area (TPSA) is 27.7 Å². The second kappa shape index (κ2) is 6.57. The Kier molecular flexibility index (Phi) is 4.55. The SMILES string of the molecule is COCCN1CCC(NN2CCc3ccccc32)CC1. The summed E-state index contributed by atoms with van der Waals surface area (Å²) in [6.45, 7) is 5.36. The Morgan fingerprint density at radius 2 is 2.00 bits per heavy atom. The van der Waals surface area contributed by atoms with Crippen LogP contribution < -0.4 is 10.4 Å². The Morgan fingerprint density at radius 1 is 1.20 bits per heavy atom. The first-order valence-electron chi connectivity index (χ1n) is 7.70. The molecule has 1 saturated heterocycles. The summed E-state index contributed by atoms with van der Waals surface area (Å²) in [6.07, 6.45) is 3.61. The molecule has 1 aromatic rings. The molecule has 0 unspecified atom stereocenters. The van der Waals surface area contributed by atoms with Crippen LogP contribution in [-0.2, 0) is 11.2 Å². The Hall–Kier alpha value is -1.10. The summed E-state index contributed by atoms with van der Waals surface area (Å²) in [4.78, 5) is 2.50. The number of piperidine rings is 1. The molecule has 1 N–H and O–H groups in total. The number of rotatable bonds is 5. The van der Waals surface area contributed by atoms with Crippen LogP contribution in [0.4, 0.5) is 5.69 Å². The second-order valence-electron chi connectivity index (χ2n) is 5.77. The molecule has 0 amide bonds. The van der Waals surface area contributed by atoms with E-state index in [2.05, 4.69) is 39.6 Å². The summed E-state index contributed by atoms with van der Waals surface area (Å²) in [6, 6.07) is 9.34. The highest BCUT2D eigenvalue weighted by molar-refractivity contribution is 5.56. The molecule has 20 heavy (non-hydrogen) atoms. The number of ether oxygens (including phenoxy) is 1. The number of benzene rings is 1. The van der Waals surface area contributed by atoms with Gasteiger partial charge in [0.25, 0.3) is 0 Å². The monoisotopic (exact) mass is 275 g/mol. The van der Waals surface area contributed by atoms with Gasteiger partial charge in [0.05, 0.1) is 12.3 Å². The van der Waals surface area contributed by atoms with Gasteiger partial charge in [-0.1, -0.05) is 18.2 Å². The van der Waals surface area contributed by atoms with Crippen molar-refractivity contribution >= 4 is 5.69 Å². The molecule has 0 aliphatic carbocycles. The quantitative estimate of drug-likeness (QED) is 0.884. The molecule has 2 aliphatic heterocycles. The number of para-hydroxylation sites is 1. The fourth-order valence-electron chi connectivity index (χ4n) is 3.20. The summed E-state index contributed by atoms with van der Waals surface area (Å²) in [5, 5.41) is 2.35. The highest BCUT2D eigenvalue weighted by Crippen LogP contribution is 2.26. The molecule has 4 heteroatoms. The lowest BCUT2D eigenvalue weighted by molar-refractivity contribution is 0.125. The van der Waals surface area contributed by atoms with Crippen LogP contribution in [0, 0.1) is 0 Å². The van der Waals surface area contributed by atoms with Crippen molar-refractivity contribution < 1.29 is 4.74 Å². The number of likely N-dealkylation sites (tertiary alicyclic amines) is 1. The first-order valence-corrected chi connectivity index (χ1v) is 7.70. The maximum Gasteiger partial charge on any atom is 0.0589 e. The average molecular weight is 275 g/mol. The lowest BCUT2D eigenvalue weighted by Gasteiger charge is -2.35. The molecular formula is C16H25N3O. The third-order valence-corrected chi connectivity index (χ3v) is 4.42. The average Bonchev–Trinajstić information content (AvgIpc) is 2.90. The standard InChI is InChI=1S/C16H25N3O/c1-20-13-12-18-9-7-15(8-10-18)17-19-11-6-14-4-2-3-5-16(14)19/h2-5,15,17H,6-13H2,1H3. The molecule has 0 atom stereocenters. The molecule has 0 spiro atoms. The minimum Gasteiger partial charge on any atom is -0.383 e. The molecule has 0 bridgehead atoms. The van der Waals surface area contributed by atoms with Crippen LogP contribution in [-0.4, -0.2) is 50.8 Å². The minimum absolute atomic E-state index is 0.611. The molecular weight excluding hydrogens is 250 g/mol. The second-order valence-corrected chi connectivity index (χ2v) is 5.77. The molecule has 110 valence electrons. The predicted octanol–water partition coefficient (Wildman–Crippen LogP) is 1.66. The van der Waals surface area contributed by atoms with Crippen molar-refractivity contribution in [3.8, 4) is 0 Å². The third-order valence-electron chi connectivity index (χ3n) is 4.42. The van der Waals surface area contributed by atoms with E-state index in [4.69, 9.17) is 4.74 Å². The fraction of sp³-hybridized carbons (Fsp3) is 0.625. The number of hydrogen-bond donors (Lipinski definition) is 1. The van der Waals surface area contributed by atoms with Crippen LogP contribution in [0.5, 0.6) is 0 Å². The van der Waals surface area contributed by atoms with E-state index in [0.717, 1.165) is 26.1 Å². The van der Waals surface area contributed by atoms with Gasteiger partial charge in [-0.15, -0.1) is 0 Å². The van der Waals surface area contributed by atoms with Crippen molar-refractivity contribution in [2.24, 2.45) is 0 Å². The first-order chi connectivity index (χ1) is 9.86. The van der Waals surface area contributed by atoms with E-state index >= 15 is 0 Å². The Bertz CT molecular complexity index is 429. The third kappa shape index (κ3) is 3.14. The maximum absolute atomic E-state index is 5.15. The number of anilines is 1. The summed E-state index contributed by atoms with van der Waals surface area (Å²) >= 11 is 0. The number of nitrogens with zero attached hydrogens (tertiary/aromatic N) is 2. The molecule has 4 nitrogen and oxygen atoms in total. The molecule has 1 aromatic carbocycles. The van der Waals surface area contributed by atoms with Crippen molar-refractivity contribution in [3.05, 3.63) is 29.8 Å². The van der Waals surface area contributed by atoms with Crippen LogP contribution in [0.25, 0.3) is 0 Å². The normalized spacial score (nSPS) is 20.4. The van der Waals surface area contributed by atoms with Crippen molar-refractivity contribution in [1.29, 1.82) is 0 Å². The van der Waals surface area contributed by atoms with E-state index in [0.29, 0.717) is 6.04 Å². The zero-order valence-corrected chi connectivity index (χ0v) is 12.3.